The van der Waals surface area contributed by atoms with Crippen molar-refractivity contribution in [3.63, 3.8) is 0 Å². The van der Waals surface area contributed by atoms with Crippen molar-refractivity contribution < 1.29 is 9.53 Å². The van der Waals surface area contributed by atoms with Crippen molar-refractivity contribution >= 4 is 6.47 Å². The lowest BCUT2D eigenvalue weighted by molar-refractivity contribution is -0.133. The van der Waals surface area contributed by atoms with Crippen LogP contribution >= 0.6 is 0 Å². The normalized spacial score (nSPS) is 12.4. The van der Waals surface area contributed by atoms with E-state index in [0.29, 0.717) is 6.47 Å². The first-order chi connectivity index (χ1) is 5.86. The van der Waals surface area contributed by atoms with E-state index in [1.807, 2.05) is 25.4 Å². The lowest BCUT2D eigenvalue weighted by Gasteiger charge is -2.10. The van der Waals surface area contributed by atoms with Crippen LogP contribution in [0.15, 0.2) is 18.5 Å². The smallest absolute Gasteiger partial charge is 0.293 e. The van der Waals surface area contributed by atoms with Gasteiger partial charge in [0.2, 0.25) is 0 Å². The van der Waals surface area contributed by atoms with E-state index in [-0.39, 0.29) is 6.10 Å². The predicted molar refractivity (Wildman–Crippen MR) is 45.7 cm³/mol. The minimum absolute atomic E-state index is 0.0123. The van der Waals surface area contributed by atoms with Crippen LogP contribution in [0, 0.1) is 0 Å². The van der Waals surface area contributed by atoms with Gasteiger partial charge in [-0.3, -0.25) is 4.79 Å². The van der Waals surface area contributed by atoms with Crippen LogP contribution in [0.4, 0.5) is 0 Å². The second-order valence-corrected chi connectivity index (χ2v) is 2.69. The highest BCUT2D eigenvalue weighted by molar-refractivity contribution is 5.37. The molecule has 0 saturated heterocycles. The largest absolute Gasteiger partial charge is 0.464 e. The van der Waals surface area contributed by atoms with Crippen molar-refractivity contribution in [3.8, 4) is 0 Å². The van der Waals surface area contributed by atoms with Crippen molar-refractivity contribution in [1.29, 1.82) is 0 Å². The Labute approximate surface area is 71.7 Å². The second-order valence-electron chi connectivity index (χ2n) is 2.69. The molecule has 0 bridgehead atoms. The van der Waals surface area contributed by atoms with E-state index in [1.54, 1.807) is 0 Å². The zero-order valence-corrected chi connectivity index (χ0v) is 7.12. The van der Waals surface area contributed by atoms with Crippen molar-refractivity contribution in [2.45, 2.75) is 25.9 Å². The molecule has 0 aliphatic carbocycles. The summed E-state index contributed by atoms with van der Waals surface area (Å²) in [5.74, 6) is 0. The van der Waals surface area contributed by atoms with Gasteiger partial charge >= 0.3 is 0 Å². The molecule has 3 heteroatoms. The third-order valence-corrected chi connectivity index (χ3v) is 1.83. The summed E-state index contributed by atoms with van der Waals surface area (Å²) in [7, 11) is 0. The zero-order valence-electron chi connectivity index (χ0n) is 7.12. The van der Waals surface area contributed by atoms with Gasteiger partial charge in [0.25, 0.3) is 6.47 Å². The first-order valence-electron chi connectivity index (χ1n) is 4.07. The molecule has 1 heterocycles. The van der Waals surface area contributed by atoms with Gasteiger partial charge in [0.05, 0.1) is 0 Å². The topological polar surface area (TPSA) is 42.1 Å². The summed E-state index contributed by atoms with van der Waals surface area (Å²) in [5.41, 5.74) is 1.17. The summed E-state index contributed by atoms with van der Waals surface area (Å²) in [4.78, 5) is 13.0. The van der Waals surface area contributed by atoms with Gasteiger partial charge in [0.1, 0.15) is 6.10 Å². The maximum Gasteiger partial charge on any atom is 0.293 e. The van der Waals surface area contributed by atoms with E-state index >= 15 is 0 Å². The summed E-state index contributed by atoms with van der Waals surface area (Å²) in [6.07, 6.45) is 5.43. The number of H-pyrrole nitrogens is 1. The Bertz CT molecular complexity index is 218. The van der Waals surface area contributed by atoms with Crippen molar-refractivity contribution in [2.75, 3.05) is 0 Å². The van der Waals surface area contributed by atoms with Crippen LogP contribution in [-0.4, -0.2) is 17.6 Å². The van der Waals surface area contributed by atoms with E-state index in [2.05, 4.69) is 4.98 Å². The van der Waals surface area contributed by atoms with Crippen LogP contribution in [0.25, 0.3) is 0 Å². The number of aromatic amines is 1. The molecule has 12 heavy (non-hydrogen) atoms. The second kappa shape index (κ2) is 4.59. The minimum atomic E-state index is 0.0123. The van der Waals surface area contributed by atoms with Gasteiger partial charge in [-0.1, -0.05) is 6.92 Å². The number of carbonyl (C=O) groups is 1. The lowest BCUT2D eigenvalue weighted by Crippen LogP contribution is -2.13. The van der Waals surface area contributed by atoms with Gasteiger partial charge in [0, 0.05) is 18.8 Å². The molecule has 0 aliphatic rings. The monoisotopic (exact) mass is 167 g/mol. The standard InChI is InChI=1S/C9H13NO2/c1-2-9(12-7-11)5-8-3-4-10-6-8/h3-4,6-7,9-10H,2,5H2,1H3. The molecule has 0 saturated carbocycles. The molecule has 0 fully saturated rings. The Kier molecular flexibility index (Phi) is 3.38. The highest BCUT2D eigenvalue weighted by Crippen LogP contribution is 2.06. The van der Waals surface area contributed by atoms with Crippen LogP contribution in [-0.2, 0) is 16.0 Å². The molecule has 1 aromatic rings. The number of carbonyl (C=O) groups excluding carboxylic acids is 1. The summed E-state index contributed by atoms with van der Waals surface area (Å²) in [5, 5.41) is 0. The van der Waals surface area contributed by atoms with Crippen molar-refractivity contribution in [2.24, 2.45) is 0 Å². The van der Waals surface area contributed by atoms with Crippen molar-refractivity contribution in [3.05, 3.63) is 24.0 Å². The average Bonchev–Trinajstić information content (AvgIpc) is 2.56. The van der Waals surface area contributed by atoms with Crippen LogP contribution in [0.5, 0.6) is 0 Å². The quantitative estimate of drug-likeness (QED) is 0.675. The molecule has 0 aliphatic heterocycles. The fourth-order valence-corrected chi connectivity index (χ4v) is 1.12. The number of aromatic nitrogens is 1. The van der Waals surface area contributed by atoms with Gasteiger partial charge in [-0.15, -0.1) is 0 Å². The molecule has 1 unspecified atom stereocenters. The Balaban J connectivity index is 2.42. The third kappa shape index (κ3) is 2.42. The number of nitrogens with one attached hydrogen (secondary N) is 1. The summed E-state index contributed by atoms with van der Waals surface area (Å²) in [6, 6.07) is 1.98. The van der Waals surface area contributed by atoms with Crippen molar-refractivity contribution in [1.82, 2.24) is 4.98 Å². The molecule has 1 N–H and O–H groups in total. The molecule has 0 aromatic carbocycles. The van der Waals surface area contributed by atoms with E-state index < -0.39 is 0 Å². The average molecular weight is 167 g/mol. The Morgan fingerprint density at radius 3 is 3.08 bits per heavy atom. The molecular weight excluding hydrogens is 154 g/mol. The molecule has 66 valence electrons. The fourth-order valence-electron chi connectivity index (χ4n) is 1.12. The van der Waals surface area contributed by atoms with Gasteiger partial charge in [-0.2, -0.15) is 0 Å². The highest BCUT2D eigenvalue weighted by atomic mass is 16.5. The number of hydrogen-bond donors (Lipinski definition) is 1. The molecule has 0 radical (unpaired) electrons. The fraction of sp³-hybridized carbons (Fsp3) is 0.444. The SMILES string of the molecule is CCC(Cc1cc[nH]c1)OC=O. The van der Waals surface area contributed by atoms with E-state index in [4.69, 9.17) is 4.74 Å². The first-order valence-corrected chi connectivity index (χ1v) is 4.07. The molecule has 1 aromatic heterocycles. The molecule has 1 rings (SSSR count). The maximum absolute atomic E-state index is 10.1. The van der Waals surface area contributed by atoms with Gasteiger partial charge in [-0.05, 0) is 18.1 Å². The molecule has 0 amide bonds. The van der Waals surface area contributed by atoms with Gasteiger partial charge < -0.3 is 9.72 Å². The maximum atomic E-state index is 10.1. The predicted octanol–water partition coefficient (Wildman–Crippen LogP) is 1.51. The molecular formula is C9H13NO2. The van der Waals surface area contributed by atoms with Crippen LogP contribution in [0.2, 0.25) is 0 Å². The molecule has 3 nitrogen and oxygen atoms in total. The van der Waals surface area contributed by atoms with Gasteiger partial charge in [-0.25, -0.2) is 0 Å². The summed E-state index contributed by atoms with van der Waals surface area (Å²) < 4.78 is 4.87. The Morgan fingerprint density at radius 2 is 2.58 bits per heavy atom. The first kappa shape index (κ1) is 8.84. The van der Waals surface area contributed by atoms with E-state index in [9.17, 15) is 4.79 Å². The minimum Gasteiger partial charge on any atom is -0.464 e. The van der Waals surface area contributed by atoms with Gasteiger partial charge in [0.15, 0.2) is 0 Å². The summed E-state index contributed by atoms with van der Waals surface area (Å²) >= 11 is 0. The Morgan fingerprint density at radius 1 is 1.75 bits per heavy atom. The Hall–Kier alpha value is -1.25. The highest BCUT2D eigenvalue weighted by Gasteiger charge is 2.06. The van der Waals surface area contributed by atoms with Crippen LogP contribution in [0.3, 0.4) is 0 Å². The number of hydrogen-bond acceptors (Lipinski definition) is 2. The van der Waals surface area contributed by atoms with Crippen LogP contribution < -0.4 is 0 Å². The van der Waals surface area contributed by atoms with Crippen LogP contribution in [0.1, 0.15) is 18.9 Å². The van der Waals surface area contributed by atoms with E-state index in [1.165, 1.54) is 5.56 Å². The summed E-state index contributed by atoms with van der Waals surface area (Å²) in [6.45, 7) is 2.52. The third-order valence-electron chi connectivity index (χ3n) is 1.83. The van der Waals surface area contributed by atoms with E-state index in [0.717, 1.165) is 12.8 Å². The molecule has 1 atom stereocenters. The number of ether oxygens (including phenoxy) is 1. The molecule has 0 spiro atoms. The lowest BCUT2D eigenvalue weighted by atomic mass is 10.1. The zero-order chi connectivity index (χ0) is 8.81. The number of rotatable bonds is 5.